The Hall–Kier alpha value is -1.78. The second-order valence-electron chi connectivity index (χ2n) is 4.48. The van der Waals surface area contributed by atoms with Crippen LogP contribution in [0.1, 0.15) is 12.5 Å². The molecule has 1 amide bonds. The molecule has 2 N–H and O–H groups in total. The molecule has 0 fully saturated rings. The van der Waals surface area contributed by atoms with E-state index < -0.39 is 5.82 Å². The van der Waals surface area contributed by atoms with Gasteiger partial charge in [0.05, 0.1) is 15.7 Å². The van der Waals surface area contributed by atoms with Crippen LogP contribution in [0.3, 0.4) is 0 Å². The Bertz CT molecular complexity index is 677. The lowest BCUT2D eigenvalue weighted by Crippen LogP contribution is -2.07. The third-order valence-corrected chi connectivity index (χ3v) is 3.49. The van der Waals surface area contributed by atoms with Crippen molar-refractivity contribution in [2.24, 2.45) is 0 Å². The van der Waals surface area contributed by atoms with Crippen LogP contribution in [0, 0.1) is 5.82 Å². The number of halogens is 3. The SMILES string of the molecule is CC(=O)Nc1ccc(F)c(NCc2ccc(Cl)c(Cl)c2)c1. The maximum absolute atomic E-state index is 13.7. The zero-order chi connectivity index (χ0) is 15.4. The van der Waals surface area contributed by atoms with E-state index in [0.717, 1.165) is 5.56 Å². The third-order valence-electron chi connectivity index (χ3n) is 2.75. The molecule has 0 radical (unpaired) electrons. The van der Waals surface area contributed by atoms with Crippen molar-refractivity contribution >= 4 is 40.5 Å². The first-order chi connectivity index (χ1) is 9.95. The maximum atomic E-state index is 13.7. The normalized spacial score (nSPS) is 10.3. The van der Waals surface area contributed by atoms with E-state index in [0.29, 0.717) is 28.0 Å². The predicted octanol–water partition coefficient (Wildman–Crippen LogP) is 4.70. The standard InChI is InChI=1S/C15H13Cl2FN2O/c1-9(21)20-11-3-5-14(18)15(7-11)19-8-10-2-4-12(16)13(17)6-10/h2-7,19H,8H2,1H3,(H,20,21). The molecular weight excluding hydrogens is 314 g/mol. The highest BCUT2D eigenvalue weighted by molar-refractivity contribution is 6.42. The Balaban J connectivity index is 2.11. The zero-order valence-corrected chi connectivity index (χ0v) is 12.7. The largest absolute Gasteiger partial charge is 0.379 e. The number of hydrogen-bond acceptors (Lipinski definition) is 2. The minimum Gasteiger partial charge on any atom is -0.379 e. The Labute approximate surface area is 132 Å². The minimum atomic E-state index is -0.399. The summed E-state index contributed by atoms with van der Waals surface area (Å²) in [5.41, 5.74) is 1.70. The van der Waals surface area contributed by atoms with E-state index >= 15 is 0 Å². The van der Waals surface area contributed by atoms with Crippen LogP contribution in [0.4, 0.5) is 15.8 Å². The highest BCUT2D eigenvalue weighted by Gasteiger charge is 2.05. The van der Waals surface area contributed by atoms with Crippen molar-refractivity contribution in [1.29, 1.82) is 0 Å². The molecule has 0 saturated heterocycles. The van der Waals surface area contributed by atoms with Crippen molar-refractivity contribution in [3.63, 3.8) is 0 Å². The van der Waals surface area contributed by atoms with Crippen LogP contribution in [-0.2, 0) is 11.3 Å². The molecule has 0 aliphatic heterocycles. The molecule has 0 atom stereocenters. The summed E-state index contributed by atoms with van der Waals surface area (Å²) < 4.78 is 13.7. The van der Waals surface area contributed by atoms with Gasteiger partial charge in [-0.15, -0.1) is 0 Å². The fourth-order valence-corrected chi connectivity index (χ4v) is 2.11. The van der Waals surface area contributed by atoms with Crippen LogP contribution in [0.15, 0.2) is 36.4 Å². The number of anilines is 2. The number of hydrogen-bond donors (Lipinski definition) is 2. The fraction of sp³-hybridized carbons (Fsp3) is 0.133. The lowest BCUT2D eigenvalue weighted by molar-refractivity contribution is -0.114. The van der Waals surface area contributed by atoms with Crippen molar-refractivity contribution in [3.05, 3.63) is 57.8 Å². The molecule has 0 unspecified atom stereocenters. The Morgan fingerprint density at radius 3 is 2.57 bits per heavy atom. The number of amides is 1. The van der Waals surface area contributed by atoms with Crippen LogP contribution < -0.4 is 10.6 Å². The van der Waals surface area contributed by atoms with Gasteiger partial charge in [-0.3, -0.25) is 4.79 Å². The summed E-state index contributed by atoms with van der Waals surface area (Å²) in [5.74, 6) is -0.610. The van der Waals surface area contributed by atoms with Gasteiger partial charge in [0.25, 0.3) is 0 Å². The zero-order valence-electron chi connectivity index (χ0n) is 11.2. The summed E-state index contributed by atoms with van der Waals surface area (Å²) in [5, 5.41) is 6.48. The number of carbonyl (C=O) groups is 1. The van der Waals surface area contributed by atoms with E-state index in [1.165, 1.54) is 25.1 Å². The maximum Gasteiger partial charge on any atom is 0.221 e. The van der Waals surface area contributed by atoms with E-state index in [1.54, 1.807) is 18.2 Å². The first kappa shape index (κ1) is 15.6. The monoisotopic (exact) mass is 326 g/mol. The molecule has 2 aromatic carbocycles. The summed E-state index contributed by atoms with van der Waals surface area (Å²) in [6, 6.07) is 9.53. The van der Waals surface area contributed by atoms with Crippen molar-refractivity contribution < 1.29 is 9.18 Å². The average molecular weight is 327 g/mol. The minimum absolute atomic E-state index is 0.211. The van der Waals surface area contributed by atoms with Gasteiger partial charge >= 0.3 is 0 Å². The summed E-state index contributed by atoms with van der Waals surface area (Å²) in [6.07, 6.45) is 0. The summed E-state index contributed by atoms with van der Waals surface area (Å²) in [7, 11) is 0. The molecule has 2 rings (SSSR count). The van der Waals surface area contributed by atoms with Gasteiger partial charge < -0.3 is 10.6 Å². The van der Waals surface area contributed by atoms with Gasteiger partial charge in [-0.1, -0.05) is 29.3 Å². The fourth-order valence-electron chi connectivity index (χ4n) is 1.79. The first-order valence-electron chi connectivity index (χ1n) is 6.20. The van der Waals surface area contributed by atoms with Crippen molar-refractivity contribution in [2.45, 2.75) is 13.5 Å². The smallest absolute Gasteiger partial charge is 0.221 e. The van der Waals surface area contributed by atoms with Crippen LogP contribution in [0.25, 0.3) is 0 Å². The molecule has 21 heavy (non-hydrogen) atoms. The molecule has 110 valence electrons. The van der Waals surface area contributed by atoms with Crippen molar-refractivity contribution in [1.82, 2.24) is 0 Å². The second kappa shape index (κ2) is 6.78. The van der Waals surface area contributed by atoms with E-state index in [2.05, 4.69) is 10.6 Å². The van der Waals surface area contributed by atoms with E-state index in [9.17, 15) is 9.18 Å². The van der Waals surface area contributed by atoms with Crippen molar-refractivity contribution in [3.8, 4) is 0 Å². The molecule has 2 aromatic rings. The second-order valence-corrected chi connectivity index (χ2v) is 5.29. The molecule has 0 heterocycles. The summed E-state index contributed by atoms with van der Waals surface area (Å²) in [4.78, 5) is 11.0. The third kappa shape index (κ3) is 4.34. The average Bonchev–Trinajstić information content (AvgIpc) is 2.42. The van der Waals surface area contributed by atoms with Crippen LogP contribution >= 0.6 is 23.2 Å². The van der Waals surface area contributed by atoms with Crippen LogP contribution in [0.5, 0.6) is 0 Å². The van der Waals surface area contributed by atoms with E-state index in [-0.39, 0.29) is 5.91 Å². The first-order valence-corrected chi connectivity index (χ1v) is 6.96. The number of rotatable bonds is 4. The molecule has 6 heteroatoms. The van der Waals surface area contributed by atoms with Gasteiger partial charge in [-0.2, -0.15) is 0 Å². The molecule has 0 saturated carbocycles. The number of benzene rings is 2. The van der Waals surface area contributed by atoms with Crippen LogP contribution in [0.2, 0.25) is 10.0 Å². The highest BCUT2D eigenvalue weighted by Crippen LogP contribution is 2.24. The molecular formula is C15H13Cl2FN2O. The van der Waals surface area contributed by atoms with E-state index in [1.807, 2.05) is 0 Å². The molecule has 0 aromatic heterocycles. The molecule has 0 spiro atoms. The quantitative estimate of drug-likeness (QED) is 0.854. The summed E-state index contributed by atoms with van der Waals surface area (Å²) in [6.45, 7) is 1.78. The topological polar surface area (TPSA) is 41.1 Å². The van der Waals surface area contributed by atoms with Gasteiger partial charge in [-0.25, -0.2) is 4.39 Å². The van der Waals surface area contributed by atoms with Crippen molar-refractivity contribution in [2.75, 3.05) is 10.6 Å². The molecule has 0 bridgehead atoms. The van der Waals surface area contributed by atoms with Crippen LogP contribution in [-0.4, -0.2) is 5.91 Å². The molecule has 0 aliphatic carbocycles. The van der Waals surface area contributed by atoms with Gasteiger partial charge in [0.2, 0.25) is 5.91 Å². The van der Waals surface area contributed by atoms with Gasteiger partial charge in [0, 0.05) is 19.2 Å². The summed E-state index contributed by atoms with van der Waals surface area (Å²) >= 11 is 11.8. The van der Waals surface area contributed by atoms with Gasteiger partial charge in [0.15, 0.2) is 0 Å². The number of nitrogens with one attached hydrogen (secondary N) is 2. The Morgan fingerprint density at radius 2 is 1.90 bits per heavy atom. The van der Waals surface area contributed by atoms with E-state index in [4.69, 9.17) is 23.2 Å². The number of carbonyl (C=O) groups excluding carboxylic acids is 1. The predicted molar refractivity (Wildman–Crippen MR) is 84.5 cm³/mol. The lowest BCUT2D eigenvalue weighted by Gasteiger charge is -2.10. The van der Waals surface area contributed by atoms with Gasteiger partial charge in [-0.05, 0) is 35.9 Å². The Morgan fingerprint density at radius 1 is 1.14 bits per heavy atom. The molecule has 0 aliphatic rings. The highest BCUT2D eigenvalue weighted by atomic mass is 35.5. The van der Waals surface area contributed by atoms with Gasteiger partial charge in [0.1, 0.15) is 5.82 Å². The lowest BCUT2D eigenvalue weighted by atomic mass is 10.2. The Kier molecular flexibility index (Phi) is 5.04. The molecule has 3 nitrogen and oxygen atoms in total.